The first-order chi connectivity index (χ1) is 11.9. The normalized spacial score (nSPS) is 14.4. The second kappa shape index (κ2) is 7.14. The molecule has 0 atom stereocenters. The van der Waals surface area contributed by atoms with Crippen molar-refractivity contribution in [2.75, 3.05) is 14.2 Å². The van der Waals surface area contributed by atoms with Crippen LogP contribution in [0, 0.1) is 5.82 Å². The standard InChI is InChI=1S/C19H22FNO3S/c1-21(13-14-7-10-19(24-2)18(20)11-14)25(22,23)17-9-8-15-5-3-4-6-16(15)12-17/h7-12H,3-6,13H2,1-2H3. The third-order valence-corrected chi connectivity index (χ3v) is 6.45. The molecule has 4 nitrogen and oxygen atoms in total. The molecule has 0 amide bonds. The fourth-order valence-electron chi connectivity index (χ4n) is 3.20. The van der Waals surface area contributed by atoms with Crippen molar-refractivity contribution < 1.29 is 17.5 Å². The fraction of sp³-hybridized carbons (Fsp3) is 0.368. The molecular formula is C19H22FNO3S. The van der Waals surface area contributed by atoms with Gasteiger partial charge in [0, 0.05) is 13.6 Å². The Morgan fingerprint density at radius 3 is 2.48 bits per heavy atom. The molecule has 0 N–H and O–H groups in total. The molecule has 2 aromatic carbocycles. The van der Waals surface area contributed by atoms with Gasteiger partial charge < -0.3 is 4.74 Å². The van der Waals surface area contributed by atoms with Crippen LogP contribution in [0.15, 0.2) is 41.3 Å². The zero-order valence-corrected chi connectivity index (χ0v) is 15.3. The van der Waals surface area contributed by atoms with Crippen molar-refractivity contribution in [3.8, 4) is 5.75 Å². The summed E-state index contributed by atoms with van der Waals surface area (Å²) in [6, 6.07) is 9.85. The lowest BCUT2D eigenvalue weighted by Gasteiger charge is -2.20. The second-order valence-corrected chi connectivity index (χ2v) is 8.41. The largest absolute Gasteiger partial charge is 0.494 e. The lowest BCUT2D eigenvalue weighted by molar-refractivity contribution is 0.385. The second-order valence-electron chi connectivity index (χ2n) is 6.37. The summed E-state index contributed by atoms with van der Waals surface area (Å²) in [6.45, 7) is 0.0976. The smallest absolute Gasteiger partial charge is 0.243 e. The number of rotatable bonds is 5. The Kier molecular flexibility index (Phi) is 5.11. The average molecular weight is 363 g/mol. The highest BCUT2D eigenvalue weighted by Crippen LogP contribution is 2.26. The number of sulfonamides is 1. The van der Waals surface area contributed by atoms with Gasteiger partial charge in [0.25, 0.3) is 0 Å². The Bertz CT molecular complexity index is 880. The number of hydrogen-bond acceptors (Lipinski definition) is 3. The van der Waals surface area contributed by atoms with Gasteiger partial charge in [-0.25, -0.2) is 12.8 Å². The number of benzene rings is 2. The molecule has 134 valence electrons. The van der Waals surface area contributed by atoms with Crippen LogP contribution in [0.25, 0.3) is 0 Å². The maximum Gasteiger partial charge on any atom is 0.243 e. The van der Waals surface area contributed by atoms with Crippen LogP contribution in [0.1, 0.15) is 29.5 Å². The molecule has 0 spiro atoms. The van der Waals surface area contributed by atoms with E-state index in [1.165, 1.54) is 36.2 Å². The summed E-state index contributed by atoms with van der Waals surface area (Å²) in [5, 5.41) is 0. The summed E-state index contributed by atoms with van der Waals surface area (Å²) < 4.78 is 45.6. The van der Waals surface area contributed by atoms with Gasteiger partial charge >= 0.3 is 0 Å². The SMILES string of the molecule is COc1ccc(CN(C)S(=O)(=O)c2ccc3c(c2)CCCC3)cc1F. The van der Waals surface area contributed by atoms with Crippen LogP contribution in [0.4, 0.5) is 4.39 Å². The number of methoxy groups -OCH3 is 1. The average Bonchev–Trinajstić information content (AvgIpc) is 2.61. The Balaban J connectivity index is 1.83. The van der Waals surface area contributed by atoms with Crippen molar-refractivity contribution in [1.82, 2.24) is 4.31 Å². The molecule has 1 aliphatic rings. The van der Waals surface area contributed by atoms with Gasteiger partial charge in [-0.2, -0.15) is 4.31 Å². The topological polar surface area (TPSA) is 46.6 Å². The van der Waals surface area contributed by atoms with E-state index in [1.807, 2.05) is 6.07 Å². The van der Waals surface area contributed by atoms with Crippen LogP contribution in [-0.2, 0) is 29.4 Å². The molecule has 1 aliphatic carbocycles. The number of ether oxygens (including phenoxy) is 1. The molecule has 0 unspecified atom stereocenters. The van der Waals surface area contributed by atoms with Crippen LogP contribution in [0.5, 0.6) is 5.75 Å². The number of halogens is 1. The Labute approximate surface area is 148 Å². The fourth-order valence-corrected chi connectivity index (χ4v) is 4.41. The van der Waals surface area contributed by atoms with Crippen LogP contribution < -0.4 is 4.74 Å². The van der Waals surface area contributed by atoms with Gasteiger partial charge in [-0.1, -0.05) is 12.1 Å². The predicted octanol–water partition coefficient (Wildman–Crippen LogP) is 3.53. The molecule has 0 radical (unpaired) electrons. The molecule has 0 bridgehead atoms. The van der Waals surface area contributed by atoms with Crippen LogP contribution in [0.3, 0.4) is 0 Å². The molecule has 0 saturated carbocycles. The molecular weight excluding hydrogens is 341 g/mol. The summed E-state index contributed by atoms with van der Waals surface area (Å²) in [5.74, 6) is -0.358. The quantitative estimate of drug-likeness (QED) is 0.816. The molecule has 2 aromatic rings. The molecule has 0 aliphatic heterocycles. The summed E-state index contributed by atoms with van der Waals surface area (Å²) in [7, 11) is -0.715. The first kappa shape index (κ1) is 17.9. The summed E-state index contributed by atoms with van der Waals surface area (Å²) in [6.07, 6.45) is 4.18. The number of fused-ring (bicyclic) bond motifs is 1. The van der Waals surface area contributed by atoms with Gasteiger partial charge in [-0.15, -0.1) is 0 Å². The highest BCUT2D eigenvalue weighted by atomic mass is 32.2. The van der Waals surface area contributed by atoms with E-state index in [9.17, 15) is 12.8 Å². The third kappa shape index (κ3) is 3.70. The third-order valence-electron chi connectivity index (χ3n) is 4.65. The summed E-state index contributed by atoms with van der Waals surface area (Å²) >= 11 is 0. The highest BCUT2D eigenvalue weighted by Gasteiger charge is 2.23. The van der Waals surface area contributed by atoms with Gasteiger partial charge in [-0.05, 0) is 66.6 Å². The minimum absolute atomic E-state index is 0.0976. The molecule has 0 saturated heterocycles. The summed E-state index contributed by atoms with van der Waals surface area (Å²) in [4.78, 5) is 0.296. The van der Waals surface area contributed by atoms with E-state index in [4.69, 9.17) is 4.74 Å². The zero-order valence-electron chi connectivity index (χ0n) is 14.5. The van der Waals surface area contributed by atoms with Gasteiger partial charge in [0.05, 0.1) is 12.0 Å². The number of hydrogen-bond donors (Lipinski definition) is 0. The van der Waals surface area contributed by atoms with Gasteiger partial charge in [0.2, 0.25) is 10.0 Å². The van der Waals surface area contributed by atoms with Crippen molar-refractivity contribution in [3.63, 3.8) is 0 Å². The van der Waals surface area contributed by atoms with Crippen molar-refractivity contribution in [2.24, 2.45) is 0 Å². The van der Waals surface area contributed by atoms with Crippen molar-refractivity contribution in [2.45, 2.75) is 37.1 Å². The Morgan fingerprint density at radius 2 is 1.80 bits per heavy atom. The first-order valence-electron chi connectivity index (χ1n) is 8.32. The van der Waals surface area contributed by atoms with Crippen LogP contribution >= 0.6 is 0 Å². The maximum atomic E-state index is 13.8. The molecule has 25 heavy (non-hydrogen) atoms. The van der Waals surface area contributed by atoms with E-state index in [2.05, 4.69) is 0 Å². The molecule has 0 aromatic heterocycles. The Hall–Kier alpha value is -1.92. The first-order valence-corrected chi connectivity index (χ1v) is 9.76. The molecule has 3 rings (SSSR count). The Morgan fingerprint density at radius 1 is 1.08 bits per heavy atom. The van der Waals surface area contributed by atoms with E-state index in [1.54, 1.807) is 18.2 Å². The van der Waals surface area contributed by atoms with Crippen LogP contribution in [-0.4, -0.2) is 26.9 Å². The zero-order chi connectivity index (χ0) is 18.0. The van der Waals surface area contributed by atoms with E-state index in [0.717, 1.165) is 31.2 Å². The van der Waals surface area contributed by atoms with Gasteiger partial charge in [-0.3, -0.25) is 0 Å². The van der Waals surface area contributed by atoms with Crippen LogP contribution in [0.2, 0.25) is 0 Å². The monoisotopic (exact) mass is 363 g/mol. The molecule has 0 heterocycles. The maximum absolute atomic E-state index is 13.8. The minimum Gasteiger partial charge on any atom is -0.494 e. The molecule has 6 heteroatoms. The van der Waals surface area contributed by atoms with E-state index in [-0.39, 0.29) is 12.3 Å². The van der Waals surface area contributed by atoms with Crippen molar-refractivity contribution in [3.05, 3.63) is 58.9 Å². The van der Waals surface area contributed by atoms with Gasteiger partial charge in [0.1, 0.15) is 0 Å². The van der Waals surface area contributed by atoms with E-state index < -0.39 is 15.8 Å². The van der Waals surface area contributed by atoms with Gasteiger partial charge in [0.15, 0.2) is 11.6 Å². The van der Waals surface area contributed by atoms with E-state index >= 15 is 0 Å². The lowest BCUT2D eigenvalue weighted by atomic mass is 9.92. The lowest BCUT2D eigenvalue weighted by Crippen LogP contribution is -2.26. The molecule has 0 fully saturated rings. The van der Waals surface area contributed by atoms with Crippen molar-refractivity contribution >= 4 is 10.0 Å². The number of aryl methyl sites for hydroxylation is 2. The number of nitrogens with zero attached hydrogens (tertiary/aromatic N) is 1. The van der Waals surface area contributed by atoms with E-state index in [0.29, 0.717) is 10.5 Å². The minimum atomic E-state index is -3.62. The van der Waals surface area contributed by atoms with Crippen molar-refractivity contribution in [1.29, 1.82) is 0 Å². The highest BCUT2D eigenvalue weighted by molar-refractivity contribution is 7.89. The predicted molar refractivity (Wildman–Crippen MR) is 94.7 cm³/mol. The summed E-state index contributed by atoms with van der Waals surface area (Å²) in [5.41, 5.74) is 2.93.